The molecule has 0 aliphatic rings. The van der Waals surface area contributed by atoms with Crippen molar-refractivity contribution >= 4 is 21.9 Å². The van der Waals surface area contributed by atoms with E-state index in [0.29, 0.717) is 5.56 Å². The molecule has 0 bridgehead atoms. The molecule has 3 aromatic carbocycles. The summed E-state index contributed by atoms with van der Waals surface area (Å²) in [6.45, 7) is 1.83. The van der Waals surface area contributed by atoms with Crippen LogP contribution in [-0.4, -0.2) is 9.97 Å². The minimum Gasteiger partial charge on any atom is -0.501 e. The molecule has 0 fully saturated rings. The summed E-state index contributed by atoms with van der Waals surface area (Å²) in [6, 6.07) is 31.9. The van der Waals surface area contributed by atoms with Gasteiger partial charge >= 0.3 is 0 Å². The van der Waals surface area contributed by atoms with E-state index in [1.165, 1.54) is 11.8 Å². The van der Waals surface area contributed by atoms with Crippen LogP contribution < -0.4 is 0 Å². The first-order chi connectivity index (χ1) is 18.3. The predicted octanol–water partition coefficient (Wildman–Crippen LogP) is 8.17. The van der Waals surface area contributed by atoms with Gasteiger partial charge in [-0.05, 0) is 49.3 Å². The Morgan fingerprint density at radius 3 is 2.50 bits per heavy atom. The van der Waals surface area contributed by atoms with Gasteiger partial charge in [0.15, 0.2) is 0 Å². The van der Waals surface area contributed by atoms with Gasteiger partial charge in [-0.15, -0.1) is 54.1 Å². The number of benzene rings is 3. The second-order valence-electron chi connectivity index (χ2n) is 8.26. The molecule has 6 rings (SSSR count). The molecular formula is C32H26IrN2O-2. The number of pyridine rings is 2. The van der Waals surface area contributed by atoms with Gasteiger partial charge < -0.3 is 14.4 Å². The number of furan rings is 1. The number of nitrogens with zero attached hydrogens (tertiary/aromatic N) is 2. The largest absolute Gasteiger partial charge is 0.501 e. The summed E-state index contributed by atoms with van der Waals surface area (Å²) in [5, 5.41) is 2.25. The van der Waals surface area contributed by atoms with E-state index in [1.807, 2.05) is 66.9 Å². The SMILES string of the molecule is CCc1ccnc(-c2[c-]ccc3c2oc2ccccc23)c1.[2H]C([2H])([2H])c1cnc(-c2[c-]cccc2)cc1C.[Ir]. The van der Waals surface area contributed by atoms with E-state index in [1.54, 1.807) is 13.0 Å². The molecule has 0 spiro atoms. The van der Waals surface area contributed by atoms with Crippen LogP contribution in [0.1, 0.15) is 27.7 Å². The monoisotopic (exact) mass is 650 g/mol. The van der Waals surface area contributed by atoms with Crippen molar-refractivity contribution in [2.24, 2.45) is 0 Å². The summed E-state index contributed by atoms with van der Waals surface area (Å²) in [5.41, 5.74) is 7.52. The molecule has 0 N–H and O–H groups in total. The van der Waals surface area contributed by atoms with Crippen molar-refractivity contribution < 1.29 is 28.6 Å². The fourth-order valence-corrected chi connectivity index (χ4v) is 3.97. The van der Waals surface area contributed by atoms with Crippen LogP contribution in [0.3, 0.4) is 0 Å². The van der Waals surface area contributed by atoms with Gasteiger partial charge in [0, 0.05) is 42.0 Å². The third-order valence-corrected chi connectivity index (χ3v) is 5.92. The Labute approximate surface area is 229 Å². The third kappa shape index (κ3) is 5.31. The minimum absolute atomic E-state index is 0. The standard InChI is InChI=1S/C19H14NO.C13H12N.Ir/c1-2-13-10-11-20-17(12-13)16-8-5-7-15-14-6-3-4-9-18(14)21-19(15)16;1-10-8-13(14-9-11(10)2)12-6-4-3-5-7-12;/h3-7,9-12H,2H2,1H3;3-6,8-9H,1-2H3;/q2*-1;/i;2D3;. The zero-order chi connectivity index (χ0) is 26.7. The van der Waals surface area contributed by atoms with Gasteiger partial charge in [-0.1, -0.05) is 59.3 Å². The van der Waals surface area contributed by atoms with Crippen LogP contribution in [-0.2, 0) is 26.5 Å². The molecule has 0 aliphatic heterocycles. The van der Waals surface area contributed by atoms with E-state index in [9.17, 15) is 0 Å². The van der Waals surface area contributed by atoms with E-state index < -0.39 is 6.85 Å². The quantitative estimate of drug-likeness (QED) is 0.182. The number of hydrogen-bond donors (Lipinski definition) is 0. The number of rotatable bonds is 3. The average Bonchev–Trinajstić information content (AvgIpc) is 3.32. The van der Waals surface area contributed by atoms with Gasteiger partial charge in [-0.2, -0.15) is 0 Å². The van der Waals surface area contributed by atoms with E-state index in [0.717, 1.165) is 56.4 Å². The molecule has 6 aromatic rings. The Balaban J connectivity index is 0.000000181. The van der Waals surface area contributed by atoms with Crippen molar-refractivity contribution in [3.8, 4) is 22.5 Å². The number of fused-ring (bicyclic) bond motifs is 3. The molecule has 0 unspecified atom stereocenters. The number of aryl methyl sites for hydroxylation is 3. The predicted molar refractivity (Wildman–Crippen MR) is 143 cm³/mol. The van der Waals surface area contributed by atoms with Gasteiger partial charge in [0.25, 0.3) is 0 Å². The first kappa shape index (κ1) is 21.7. The molecule has 0 saturated heterocycles. The maximum absolute atomic E-state index is 7.37. The summed E-state index contributed by atoms with van der Waals surface area (Å²) < 4.78 is 28.2. The van der Waals surface area contributed by atoms with Crippen molar-refractivity contribution in [2.75, 3.05) is 0 Å². The summed E-state index contributed by atoms with van der Waals surface area (Å²) in [4.78, 5) is 8.67. The summed E-state index contributed by atoms with van der Waals surface area (Å²) >= 11 is 0. The van der Waals surface area contributed by atoms with Crippen LogP contribution in [0.4, 0.5) is 0 Å². The van der Waals surface area contributed by atoms with Gasteiger partial charge in [0.05, 0.1) is 5.58 Å². The van der Waals surface area contributed by atoms with Crippen molar-refractivity contribution in [3.05, 3.63) is 120 Å². The molecule has 36 heavy (non-hydrogen) atoms. The van der Waals surface area contributed by atoms with Crippen LogP contribution in [0, 0.1) is 25.9 Å². The molecular weight excluding hydrogens is 621 g/mol. The van der Waals surface area contributed by atoms with Gasteiger partial charge in [0.2, 0.25) is 0 Å². The molecule has 1 radical (unpaired) electrons. The van der Waals surface area contributed by atoms with Crippen LogP contribution >= 0.6 is 0 Å². The number of hydrogen-bond acceptors (Lipinski definition) is 3. The Morgan fingerprint density at radius 1 is 0.861 bits per heavy atom. The minimum atomic E-state index is -2.10. The topological polar surface area (TPSA) is 38.9 Å². The Morgan fingerprint density at radius 2 is 1.72 bits per heavy atom. The van der Waals surface area contributed by atoms with Crippen molar-refractivity contribution in [1.29, 1.82) is 0 Å². The molecule has 0 aliphatic carbocycles. The Bertz CT molecular complexity index is 1710. The third-order valence-electron chi connectivity index (χ3n) is 5.92. The van der Waals surface area contributed by atoms with Crippen molar-refractivity contribution in [2.45, 2.75) is 27.1 Å². The zero-order valence-corrected chi connectivity index (χ0v) is 22.4. The Hall–Kier alpha value is -3.59. The number of aromatic nitrogens is 2. The van der Waals surface area contributed by atoms with Gasteiger partial charge in [-0.25, -0.2) is 0 Å². The van der Waals surface area contributed by atoms with Crippen LogP contribution in [0.5, 0.6) is 0 Å². The van der Waals surface area contributed by atoms with Crippen LogP contribution in [0.2, 0.25) is 0 Å². The maximum Gasteiger partial charge on any atom is 0.120 e. The first-order valence-electron chi connectivity index (χ1n) is 13.1. The molecule has 0 saturated carbocycles. The maximum atomic E-state index is 7.37. The van der Waals surface area contributed by atoms with Crippen LogP contribution in [0.25, 0.3) is 44.5 Å². The molecule has 3 aromatic heterocycles. The molecule has 181 valence electrons. The summed E-state index contributed by atoms with van der Waals surface area (Å²) in [5.74, 6) is 0. The molecule has 0 amide bonds. The average molecular weight is 650 g/mol. The normalized spacial score (nSPS) is 12.1. The fraction of sp³-hybridized carbons (Fsp3) is 0.125. The summed E-state index contributed by atoms with van der Waals surface area (Å²) in [6.07, 6.45) is 4.27. The second kappa shape index (κ2) is 11.4. The second-order valence-corrected chi connectivity index (χ2v) is 8.26. The zero-order valence-electron chi connectivity index (χ0n) is 23.0. The molecule has 4 heteroatoms. The fourth-order valence-electron chi connectivity index (χ4n) is 3.97. The molecule has 0 atom stereocenters. The first-order valence-corrected chi connectivity index (χ1v) is 11.6. The molecule has 3 nitrogen and oxygen atoms in total. The van der Waals surface area contributed by atoms with E-state index in [4.69, 9.17) is 8.53 Å². The van der Waals surface area contributed by atoms with Gasteiger partial charge in [-0.3, -0.25) is 0 Å². The Kier molecular flexibility index (Phi) is 6.88. The number of para-hydroxylation sites is 1. The smallest absolute Gasteiger partial charge is 0.120 e. The summed E-state index contributed by atoms with van der Waals surface area (Å²) in [7, 11) is 0. The van der Waals surface area contributed by atoms with Crippen molar-refractivity contribution in [1.82, 2.24) is 9.97 Å². The van der Waals surface area contributed by atoms with E-state index in [2.05, 4.69) is 41.2 Å². The van der Waals surface area contributed by atoms with Crippen LogP contribution in [0.15, 0.2) is 95.7 Å². The molecule has 3 heterocycles. The van der Waals surface area contributed by atoms with Crippen molar-refractivity contribution in [3.63, 3.8) is 0 Å². The van der Waals surface area contributed by atoms with Gasteiger partial charge in [0.1, 0.15) is 5.58 Å². The van der Waals surface area contributed by atoms with E-state index in [-0.39, 0.29) is 20.1 Å². The van der Waals surface area contributed by atoms with E-state index >= 15 is 0 Å².